The van der Waals surface area contributed by atoms with Gasteiger partial charge < -0.3 is 0 Å². The summed E-state index contributed by atoms with van der Waals surface area (Å²) >= 11 is -4.57. The predicted molar refractivity (Wildman–Crippen MR) is 182 cm³/mol. The second-order valence-corrected chi connectivity index (χ2v) is 40.0. The molecule has 2 aliphatic heterocycles. The van der Waals surface area contributed by atoms with Crippen molar-refractivity contribution in [3.8, 4) is 0 Å². The first kappa shape index (κ1) is 28.8. The molecule has 2 heterocycles. The van der Waals surface area contributed by atoms with Gasteiger partial charge in [-0.05, 0) is 0 Å². The number of allylic oxidation sites excluding steroid dienone is 10. The molecule has 8 aliphatic rings. The fourth-order valence-electron chi connectivity index (χ4n) is 11.8. The summed E-state index contributed by atoms with van der Waals surface area (Å²) in [6.07, 6.45) is 24.3. The van der Waals surface area contributed by atoms with E-state index < -0.39 is 40.5 Å². The Balaban J connectivity index is 0.000000123. The molecule has 4 unspecified atom stereocenters. The SMILES string of the molecule is [CH3][Zr]1([CH3])[CH]2C(=CC3=C2CCCC3)CC2=CC3=C(CCCC3)[CH]21.[CH3][Zr]1([CH3])[CH]2C(=Cc3ccccc32)CC2=Cc3ccccc3[CH]21. The second-order valence-electron chi connectivity index (χ2n) is 16.4. The van der Waals surface area contributed by atoms with Gasteiger partial charge in [0.05, 0.1) is 0 Å². The quantitative estimate of drug-likeness (QED) is 0.253. The molecular formula is C42H48Zr2. The summed E-state index contributed by atoms with van der Waals surface area (Å²) in [5, 5.41) is 0. The first-order valence-corrected chi connectivity index (χ1v) is 33.3. The van der Waals surface area contributed by atoms with E-state index in [1.54, 1.807) is 33.4 Å². The van der Waals surface area contributed by atoms with E-state index in [9.17, 15) is 0 Å². The Hall–Kier alpha value is -1.35. The van der Waals surface area contributed by atoms with E-state index in [1.807, 2.05) is 22.3 Å². The molecule has 2 saturated heterocycles. The summed E-state index contributed by atoms with van der Waals surface area (Å²) in [6, 6.07) is 18.2. The van der Waals surface area contributed by atoms with Crippen LogP contribution in [0.15, 0.2) is 105 Å². The van der Waals surface area contributed by atoms with Gasteiger partial charge in [-0.1, -0.05) is 0 Å². The van der Waals surface area contributed by atoms with Gasteiger partial charge in [-0.15, -0.1) is 0 Å². The zero-order valence-corrected chi connectivity index (χ0v) is 32.2. The van der Waals surface area contributed by atoms with Crippen LogP contribution in [0.25, 0.3) is 12.2 Å². The third kappa shape index (κ3) is 4.25. The van der Waals surface area contributed by atoms with Crippen LogP contribution in [-0.2, 0) is 40.5 Å². The van der Waals surface area contributed by atoms with Crippen LogP contribution < -0.4 is 0 Å². The Bertz CT molecular complexity index is 1660. The summed E-state index contributed by atoms with van der Waals surface area (Å²) < 4.78 is 14.4. The minimum absolute atomic E-state index is 0.777. The zero-order chi connectivity index (χ0) is 29.8. The van der Waals surface area contributed by atoms with Gasteiger partial charge in [0.25, 0.3) is 0 Å². The van der Waals surface area contributed by atoms with E-state index in [2.05, 4.69) is 91.4 Å². The van der Waals surface area contributed by atoms with E-state index in [1.165, 1.54) is 75.3 Å². The van der Waals surface area contributed by atoms with Gasteiger partial charge in [-0.3, -0.25) is 0 Å². The van der Waals surface area contributed by atoms with Crippen LogP contribution in [0.3, 0.4) is 0 Å². The van der Waals surface area contributed by atoms with Crippen molar-refractivity contribution < 1.29 is 40.5 Å². The van der Waals surface area contributed by atoms with Gasteiger partial charge >= 0.3 is 277 Å². The summed E-state index contributed by atoms with van der Waals surface area (Å²) in [7, 11) is 0. The average Bonchev–Trinajstić information content (AvgIpc) is 3.76. The van der Waals surface area contributed by atoms with Crippen molar-refractivity contribution in [3.05, 3.63) is 128 Å². The Kier molecular flexibility index (Phi) is 6.93. The van der Waals surface area contributed by atoms with Crippen molar-refractivity contribution in [2.24, 2.45) is 0 Å². The van der Waals surface area contributed by atoms with Crippen LogP contribution >= 0.6 is 0 Å². The Morgan fingerprint density at radius 3 is 1.32 bits per heavy atom. The molecule has 0 saturated carbocycles. The molecule has 0 aromatic heterocycles. The fourth-order valence-corrected chi connectivity index (χ4v) is 35.9. The van der Waals surface area contributed by atoms with E-state index in [0.29, 0.717) is 0 Å². The molecule has 0 spiro atoms. The summed E-state index contributed by atoms with van der Waals surface area (Å²) in [4.78, 5) is 0. The first-order chi connectivity index (χ1) is 21.3. The minimum atomic E-state index is -2.37. The van der Waals surface area contributed by atoms with Crippen LogP contribution in [0.2, 0.25) is 25.8 Å². The van der Waals surface area contributed by atoms with Crippen molar-refractivity contribution in [2.45, 2.75) is 97.2 Å². The van der Waals surface area contributed by atoms with Gasteiger partial charge in [-0.2, -0.15) is 0 Å². The van der Waals surface area contributed by atoms with Gasteiger partial charge in [0.2, 0.25) is 0 Å². The van der Waals surface area contributed by atoms with Crippen molar-refractivity contribution in [3.63, 3.8) is 0 Å². The molecule has 0 N–H and O–H groups in total. The van der Waals surface area contributed by atoms with Gasteiger partial charge in [0.1, 0.15) is 0 Å². The zero-order valence-electron chi connectivity index (χ0n) is 27.3. The van der Waals surface area contributed by atoms with Crippen LogP contribution in [0.1, 0.15) is 93.7 Å². The fraction of sp³-hybridized carbons (Fsp3) is 0.429. The molecule has 6 aliphatic carbocycles. The third-order valence-corrected chi connectivity index (χ3v) is 34.6. The molecule has 2 aromatic carbocycles. The van der Waals surface area contributed by atoms with Crippen LogP contribution in [0.5, 0.6) is 0 Å². The van der Waals surface area contributed by atoms with E-state index >= 15 is 0 Å². The molecule has 2 aromatic rings. The van der Waals surface area contributed by atoms with Crippen molar-refractivity contribution >= 4 is 12.2 Å². The number of fused-ring (bicyclic) bond motifs is 10. The standard InChI is InChI=1S/C19H22.C19H14.4CH3.2Zr/c2*1-2-6-17-11-14(10-16(17)5-1)9-15-12-18-7-3-4-8-19(18)13-15;;;;;;/h10-13H,1-9H2;1-8,10-13H,9H2;4*1H3;;. The van der Waals surface area contributed by atoms with Gasteiger partial charge in [0, 0.05) is 0 Å². The third-order valence-electron chi connectivity index (χ3n) is 13.1. The molecule has 44 heavy (non-hydrogen) atoms. The molecular weight excluding hydrogens is 687 g/mol. The average molecular weight is 735 g/mol. The molecule has 0 bridgehead atoms. The molecule has 4 atom stereocenters. The summed E-state index contributed by atoms with van der Waals surface area (Å²) in [6.45, 7) is 0. The van der Waals surface area contributed by atoms with Crippen molar-refractivity contribution in [2.75, 3.05) is 0 Å². The number of rotatable bonds is 0. The van der Waals surface area contributed by atoms with E-state index in [-0.39, 0.29) is 0 Å². The molecule has 2 heteroatoms. The molecule has 0 radical (unpaired) electrons. The van der Waals surface area contributed by atoms with Crippen LogP contribution in [0.4, 0.5) is 0 Å². The van der Waals surface area contributed by atoms with Crippen molar-refractivity contribution in [1.82, 2.24) is 0 Å². The summed E-state index contributed by atoms with van der Waals surface area (Å²) in [5.41, 5.74) is 20.8. The monoisotopic (exact) mass is 732 g/mol. The normalized spacial score (nSPS) is 31.0. The predicted octanol–water partition coefficient (Wildman–Crippen LogP) is 12.8. The molecule has 0 nitrogen and oxygen atoms in total. The maximum atomic E-state index is 2.79. The van der Waals surface area contributed by atoms with Crippen LogP contribution in [0, 0.1) is 0 Å². The molecule has 2 fully saturated rings. The Morgan fingerprint density at radius 1 is 0.455 bits per heavy atom. The molecule has 224 valence electrons. The Morgan fingerprint density at radius 2 is 0.841 bits per heavy atom. The number of benzene rings is 2. The van der Waals surface area contributed by atoms with E-state index in [0.717, 1.165) is 14.5 Å². The summed E-state index contributed by atoms with van der Waals surface area (Å²) in [5.74, 6) is 0. The molecule has 0 amide bonds. The van der Waals surface area contributed by atoms with Crippen molar-refractivity contribution in [1.29, 1.82) is 0 Å². The second kappa shape index (κ2) is 10.6. The van der Waals surface area contributed by atoms with Gasteiger partial charge in [0.15, 0.2) is 0 Å². The maximum absolute atomic E-state index is 2.79. The topological polar surface area (TPSA) is 0 Å². The molecule has 10 rings (SSSR count). The first-order valence-electron chi connectivity index (χ1n) is 17.8. The van der Waals surface area contributed by atoms with Gasteiger partial charge in [-0.25, -0.2) is 0 Å². The number of hydrogen-bond donors (Lipinski definition) is 0. The Labute approximate surface area is 275 Å². The van der Waals surface area contributed by atoms with Crippen LogP contribution in [-0.4, -0.2) is 0 Å². The number of hydrogen-bond acceptors (Lipinski definition) is 0. The van der Waals surface area contributed by atoms with E-state index in [4.69, 9.17) is 0 Å².